The number of amides is 1. The van der Waals surface area contributed by atoms with Gasteiger partial charge in [-0.15, -0.1) is 11.8 Å². The zero-order valence-electron chi connectivity index (χ0n) is 13.3. The number of thioether (sulfide) groups is 1. The highest BCUT2D eigenvalue weighted by Gasteiger charge is 2.19. The van der Waals surface area contributed by atoms with Crippen molar-refractivity contribution in [2.45, 2.75) is 11.3 Å². The Labute approximate surface area is 154 Å². The molecule has 0 saturated carbocycles. The van der Waals surface area contributed by atoms with Gasteiger partial charge in [0.15, 0.2) is 11.5 Å². The molecule has 0 unspecified atom stereocenters. The Bertz CT molecular complexity index is 836. The van der Waals surface area contributed by atoms with Crippen LogP contribution >= 0.6 is 23.4 Å². The summed E-state index contributed by atoms with van der Waals surface area (Å²) in [4.78, 5) is 13.5. The zero-order valence-corrected chi connectivity index (χ0v) is 14.8. The molecule has 1 aliphatic rings. The number of ether oxygens (including phenoxy) is 2. The van der Waals surface area contributed by atoms with Gasteiger partial charge in [-0.1, -0.05) is 23.7 Å². The number of hydrogen-bond donors (Lipinski definition) is 1. The van der Waals surface area contributed by atoms with Gasteiger partial charge in [-0.25, -0.2) is 0 Å². The number of nitrogens with one attached hydrogen (secondary N) is 1. The van der Waals surface area contributed by atoms with Crippen molar-refractivity contribution in [3.8, 4) is 17.6 Å². The highest BCUT2D eigenvalue weighted by atomic mass is 35.5. The molecule has 2 aromatic rings. The Kier molecular flexibility index (Phi) is 5.69. The summed E-state index contributed by atoms with van der Waals surface area (Å²) in [5, 5.41) is 11.9. The highest BCUT2D eigenvalue weighted by Crippen LogP contribution is 2.38. The van der Waals surface area contributed by atoms with Gasteiger partial charge in [0.05, 0.1) is 16.8 Å². The van der Waals surface area contributed by atoms with Gasteiger partial charge in [0.1, 0.15) is 13.2 Å². The monoisotopic (exact) mass is 374 g/mol. The van der Waals surface area contributed by atoms with Gasteiger partial charge < -0.3 is 14.8 Å². The molecule has 2 aromatic carbocycles. The molecule has 0 aliphatic carbocycles. The molecule has 7 heteroatoms. The van der Waals surface area contributed by atoms with Crippen molar-refractivity contribution < 1.29 is 14.3 Å². The second-order valence-electron chi connectivity index (χ2n) is 5.19. The van der Waals surface area contributed by atoms with E-state index >= 15 is 0 Å². The Morgan fingerprint density at radius 2 is 2.08 bits per heavy atom. The lowest BCUT2D eigenvalue weighted by molar-refractivity contribution is 0.102. The lowest BCUT2D eigenvalue weighted by Gasteiger charge is -2.20. The first-order valence-corrected chi connectivity index (χ1v) is 9.04. The fourth-order valence-corrected chi connectivity index (χ4v) is 3.47. The van der Waals surface area contributed by atoms with E-state index in [2.05, 4.69) is 11.4 Å². The van der Waals surface area contributed by atoms with E-state index in [1.165, 1.54) is 11.8 Å². The van der Waals surface area contributed by atoms with Gasteiger partial charge in [-0.3, -0.25) is 4.79 Å². The number of halogens is 1. The first-order valence-electron chi connectivity index (χ1n) is 7.68. The third kappa shape index (κ3) is 4.19. The lowest BCUT2D eigenvalue weighted by atomic mass is 10.1. The number of anilines is 1. The van der Waals surface area contributed by atoms with Crippen LogP contribution in [-0.2, 0) is 0 Å². The van der Waals surface area contributed by atoms with E-state index < -0.39 is 0 Å². The molecule has 0 atom stereocenters. The van der Waals surface area contributed by atoms with Crippen LogP contribution in [0.15, 0.2) is 41.3 Å². The number of carbonyl (C=O) groups is 1. The number of carbonyl (C=O) groups excluding carboxylic acids is 1. The zero-order chi connectivity index (χ0) is 17.6. The maximum absolute atomic E-state index is 12.6. The Hall–Kier alpha value is -2.36. The number of rotatable bonds is 5. The molecule has 25 heavy (non-hydrogen) atoms. The average molecular weight is 375 g/mol. The molecule has 0 aromatic heterocycles. The van der Waals surface area contributed by atoms with Gasteiger partial charge in [0.25, 0.3) is 5.91 Å². The predicted molar refractivity (Wildman–Crippen MR) is 97.8 cm³/mol. The number of fused-ring (bicyclic) bond motifs is 1. The van der Waals surface area contributed by atoms with Crippen molar-refractivity contribution in [2.24, 2.45) is 0 Å². The summed E-state index contributed by atoms with van der Waals surface area (Å²) in [6, 6.07) is 12.8. The lowest BCUT2D eigenvalue weighted by Crippen LogP contribution is -2.18. The Balaban J connectivity index is 1.79. The molecule has 3 rings (SSSR count). The van der Waals surface area contributed by atoms with Gasteiger partial charge in [-0.05, 0) is 24.3 Å². The summed E-state index contributed by atoms with van der Waals surface area (Å²) in [5.74, 6) is 1.32. The van der Waals surface area contributed by atoms with Crippen LogP contribution in [0.3, 0.4) is 0 Å². The molecule has 0 radical (unpaired) electrons. The van der Waals surface area contributed by atoms with E-state index in [0.717, 1.165) is 4.90 Å². The predicted octanol–water partition coefficient (Wildman–Crippen LogP) is 4.37. The number of para-hydroxylation sites is 1. The minimum Gasteiger partial charge on any atom is -0.486 e. The number of benzene rings is 2. The first kappa shape index (κ1) is 17.5. The molecule has 0 saturated heterocycles. The van der Waals surface area contributed by atoms with E-state index in [-0.39, 0.29) is 5.91 Å². The number of hydrogen-bond acceptors (Lipinski definition) is 5. The van der Waals surface area contributed by atoms with Crippen molar-refractivity contribution in [3.63, 3.8) is 0 Å². The highest BCUT2D eigenvalue weighted by molar-refractivity contribution is 7.99. The van der Waals surface area contributed by atoms with Crippen LogP contribution in [0.25, 0.3) is 0 Å². The molecule has 1 heterocycles. The van der Waals surface area contributed by atoms with Crippen molar-refractivity contribution in [2.75, 3.05) is 24.3 Å². The molecular formula is C18H15ClN2O3S. The molecule has 1 aliphatic heterocycles. The van der Waals surface area contributed by atoms with Crippen molar-refractivity contribution in [1.29, 1.82) is 5.26 Å². The van der Waals surface area contributed by atoms with Crippen molar-refractivity contribution >= 4 is 35.0 Å². The summed E-state index contributed by atoms with van der Waals surface area (Å²) in [7, 11) is 0. The fraction of sp³-hybridized carbons (Fsp3) is 0.222. The van der Waals surface area contributed by atoms with E-state index in [1.54, 1.807) is 12.1 Å². The van der Waals surface area contributed by atoms with Crippen LogP contribution in [0.5, 0.6) is 11.5 Å². The average Bonchev–Trinajstić information content (AvgIpc) is 2.63. The van der Waals surface area contributed by atoms with E-state index in [1.807, 2.05) is 24.3 Å². The minimum atomic E-state index is -0.285. The van der Waals surface area contributed by atoms with Crippen LogP contribution in [0, 0.1) is 11.3 Å². The van der Waals surface area contributed by atoms with E-state index in [9.17, 15) is 4.79 Å². The summed E-state index contributed by atoms with van der Waals surface area (Å²) < 4.78 is 11.0. The number of nitrogens with zero attached hydrogens (tertiary/aromatic N) is 1. The largest absolute Gasteiger partial charge is 0.486 e. The Morgan fingerprint density at radius 3 is 2.92 bits per heavy atom. The molecule has 0 spiro atoms. The number of nitriles is 1. The maximum Gasteiger partial charge on any atom is 0.255 e. The summed E-state index contributed by atoms with van der Waals surface area (Å²) in [6.45, 7) is 0.859. The van der Waals surface area contributed by atoms with Gasteiger partial charge in [-0.2, -0.15) is 5.26 Å². The second kappa shape index (κ2) is 8.15. The SMILES string of the molecule is N#CCCSc1ccccc1NC(=O)c1cc(Cl)c2c(c1)OCCO2. The van der Waals surface area contributed by atoms with Crippen LogP contribution in [0.4, 0.5) is 5.69 Å². The summed E-state index contributed by atoms with van der Waals surface area (Å²) >= 11 is 7.72. The topological polar surface area (TPSA) is 71.4 Å². The molecule has 1 amide bonds. The molecule has 0 fully saturated rings. The fourth-order valence-electron chi connectivity index (χ4n) is 2.34. The molecule has 5 nitrogen and oxygen atoms in total. The summed E-state index contributed by atoms with van der Waals surface area (Å²) in [5.41, 5.74) is 1.09. The van der Waals surface area contributed by atoms with E-state index in [4.69, 9.17) is 26.3 Å². The maximum atomic E-state index is 12.6. The normalized spacial score (nSPS) is 12.3. The van der Waals surface area contributed by atoms with Gasteiger partial charge in [0, 0.05) is 22.6 Å². The van der Waals surface area contributed by atoms with Crippen LogP contribution in [0.2, 0.25) is 5.02 Å². The first-order chi connectivity index (χ1) is 12.2. The minimum absolute atomic E-state index is 0.285. The summed E-state index contributed by atoms with van der Waals surface area (Å²) in [6.07, 6.45) is 0.449. The third-order valence-electron chi connectivity index (χ3n) is 3.47. The van der Waals surface area contributed by atoms with Crippen LogP contribution < -0.4 is 14.8 Å². The van der Waals surface area contributed by atoms with Gasteiger partial charge in [0.2, 0.25) is 0 Å². The Morgan fingerprint density at radius 1 is 1.28 bits per heavy atom. The van der Waals surface area contributed by atoms with Crippen molar-refractivity contribution in [3.05, 3.63) is 47.0 Å². The second-order valence-corrected chi connectivity index (χ2v) is 6.73. The molecule has 1 N–H and O–H groups in total. The van der Waals surface area contributed by atoms with Crippen LogP contribution in [0.1, 0.15) is 16.8 Å². The molecule has 0 bridgehead atoms. The quantitative estimate of drug-likeness (QED) is 0.621. The molecular weight excluding hydrogens is 360 g/mol. The smallest absolute Gasteiger partial charge is 0.255 e. The van der Waals surface area contributed by atoms with Crippen molar-refractivity contribution in [1.82, 2.24) is 0 Å². The van der Waals surface area contributed by atoms with Gasteiger partial charge >= 0.3 is 0 Å². The van der Waals surface area contributed by atoms with E-state index in [0.29, 0.717) is 53.2 Å². The van der Waals surface area contributed by atoms with Crippen LogP contribution in [-0.4, -0.2) is 24.9 Å². The third-order valence-corrected chi connectivity index (χ3v) is 4.82. The molecule has 128 valence electrons. The standard InChI is InChI=1S/C18H15ClN2O3S/c19-13-10-12(11-15-17(13)24-8-7-23-15)18(22)21-14-4-1-2-5-16(14)25-9-3-6-20/h1-2,4-5,10-11H,3,7-9H2,(H,21,22).